The van der Waals surface area contributed by atoms with Gasteiger partial charge in [-0.05, 0) is 36.4 Å². The molecule has 3 aromatic carbocycles. The second kappa shape index (κ2) is 9.61. The Labute approximate surface area is 173 Å². The van der Waals surface area contributed by atoms with Gasteiger partial charge in [0, 0.05) is 0 Å². The molecule has 0 atom stereocenters. The van der Waals surface area contributed by atoms with E-state index in [1.807, 2.05) is 6.07 Å². The zero-order valence-corrected chi connectivity index (χ0v) is 16.4. The highest BCUT2D eigenvalue weighted by molar-refractivity contribution is 6.32. The molecule has 3 aromatic rings. The van der Waals surface area contributed by atoms with Gasteiger partial charge in [-0.25, -0.2) is 0 Å². The molecule has 0 saturated carbocycles. The van der Waals surface area contributed by atoms with Crippen molar-refractivity contribution in [3.8, 4) is 11.5 Å². The van der Waals surface area contributed by atoms with Crippen LogP contribution in [0, 0.1) is 0 Å². The minimum atomic E-state index is -0.414. The molecule has 148 valence electrons. The average Bonchev–Trinajstić information content (AvgIpc) is 2.74. The summed E-state index contributed by atoms with van der Waals surface area (Å²) in [5, 5.41) is 5.90. The SMILES string of the molecule is COc1ccccc1NC(=O)c1ccccc1NC(=O)COc1ccccc1Cl. The van der Waals surface area contributed by atoms with Crippen LogP contribution in [0.2, 0.25) is 5.02 Å². The Morgan fingerprint density at radius 2 is 1.45 bits per heavy atom. The predicted molar refractivity (Wildman–Crippen MR) is 113 cm³/mol. The maximum Gasteiger partial charge on any atom is 0.262 e. The smallest absolute Gasteiger partial charge is 0.262 e. The summed E-state index contributed by atoms with van der Waals surface area (Å²) >= 11 is 6.02. The third-order valence-electron chi connectivity index (χ3n) is 4.00. The molecule has 29 heavy (non-hydrogen) atoms. The molecule has 2 N–H and O–H groups in total. The minimum Gasteiger partial charge on any atom is -0.495 e. The Kier molecular flexibility index (Phi) is 6.71. The fourth-order valence-corrected chi connectivity index (χ4v) is 2.81. The van der Waals surface area contributed by atoms with Gasteiger partial charge in [-0.2, -0.15) is 0 Å². The summed E-state index contributed by atoms with van der Waals surface area (Å²) in [6, 6.07) is 20.7. The summed E-state index contributed by atoms with van der Waals surface area (Å²) in [6.07, 6.45) is 0. The summed E-state index contributed by atoms with van der Waals surface area (Å²) in [6.45, 7) is -0.244. The molecule has 0 saturated heterocycles. The lowest BCUT2D eigenvalue weighted by Gasteiger charge is -2.13. The lowest BCUT2D eigenvalue weighted by Crippen LogP contribution is -2.23. The van der Waals surface area contributed by atoms with Crippen LogP contribution in [0.25, 0.3) is 0 Å². The zero-order valence-electron chi connectivity index (χ0n) is 15.6. The van der Waals surface area contributed by atoms with E-state index in [0.29, 0.717) is 33.5 Å². The highest BCUT2D eigenvalue weighted by atomic mass is 35.5. The van der Waals surface area contributed by atoms with Gasteiger partial charge in [0.05, 0.1) is 29.1 Å². The zero-order chi connectivity index (χ0) is 20.6. The van der Waals surface area contributed by atoms with Crippen molar-refractivity contribution in [1.82, 2.24) is 0 Å². The first kappa shape index (κ1) is 20.2. The van der Waals surface area contributed by atoms with Crippen LogP contribution in [-0.2, 0) is 4.79 Å². The molecule has 2 amide bonds. The molecule has 0 fully saturated rings. The molecule has 7 heteroatoms. The molecule has 0 bridgehead atoms. The van der Waals surface area contributed by atoms with Crippen molar-refractivity contribution in [1.29, 1.82) is 0 Å². The highest BCUT2D eigenvalue weighted by Gasteiger charge is 2.15. The first-order valence-corrected chi connectivity index (χ1v) is 9.17. The number of rotatable bonds is 7. The van der Waals surface area contributed by atoms with E-state index < -0.39 is 5.91 Å². The van der Waals surface area contributed by atoms with Gasteiger partial charge in [0.15, 0.2) is 6.61 Å². The Hall–Kier alpha value is -3.51. The van der Waals surface area contributed by atoms with Crippen LogP contribution in [0.1, 0.15) is 10.4 Å². The lowest BCUT2D eigenvalue weighted by molar-refractivity contribution is -0.118. The molecule has 0 aromatic heterocycles. The standard InChI is InChI=1S/C22H19ClN2O4/c1-28-20-13-7-5-11-18(20)25-22(27)15-8-2-4-10-17(15)24-21(26)14-29-19-12-6-3-9-16(19)23/h2-13H,14H2,1H3,(H,24,26)(H,25,27). The van der Waals surface area contributed by atoms with E-state index in [1.165, 1.54) is 7.11 Å². The van der Waals surface area contributed by atoms with Crippen molar-refractivity contribution in [3.05, 3.63) is 83.4 Å². The average molecular weight is 411 g/mol. The highest BCUT2D eigenvalue weighted by Crippen LogP contribution is 2.25. The van der Waals surface area contributed by atoms with Crippen molar-refractivity contribution in [2.75, 3.05) is 24.4 Å². The molecule has 0 aliphatic carbocycles. The van der Waals surface area contributed by atoms with Crippen LogP contribution in [0.3, 0.4) is 0 Å². The summed E-state index contributed by atoms with van der Waals surface area (Å²) in [4.78, 5) is 25.0. The summed E-state index contributed by atoms with van der Waals surface area (Å²) in [5.41, 5.74) is 1.21. The number of methoxy groups -OCH3 is 1. The van der Waals surface area contributed by atoms with Gasteiger partial charge in [0.2, 0.25) is 0 Å². The Bertz CT molecular complexity index is 1020. The van der Waals surface area contributed by atoms with Crippen LogP contribution < -0.4 is 20.1 Å². The van der Waals surface area contributed by atoms with Crippen LogP contribution in [0.5, 0.6) is 11.5 Å². The second-order valence-corrected chi connectivity index (χ2v) is 6.37. The Morgan fingerprint density at radius 1 is 0.828 bits per heavy atom. The summed E-state index contributed by atoms with van der Waals surface area (Å²) in [7, 11) is 1.53. The van der Waals surface area contributed by atoms with Crippen molar-refractivity contribution >= 4 is 34.8 Å². The van der Waals surface area contributed by atoms with Crippen LogP contribution in [0.15, 0.2) is 72.8 Å². The van der Waals surface area contributed by atoms with Crippen molar-refractivity contribution in [3.63, 3.8) is 0 Å². The van der Waals surface area contributed by atoms with E-state index in [-0.39, 0.29) is 12.5 Å². The number of nitrogens with one attached hydrogen (secondary N) is 2. The number of carbonyl (C=O) groups excluding carboxylic acids is 2. The molecule has 0 aliphatic heterocycles. The fraction of sp³-hybridized carbons (Fsp3) is 0.0909. The maximum atomic E-state index is 12.7. The first-order chi connectivity index (χ1) is 14.1. The second-order valence-electron chi connectivity index (χ2n) is 5.97. The largest absolute Gasteiger partial charge is 0.495 e. The molecule has 0 unspecified atom stereocenters. The van der Waals surface area contributed by atoms with E-state index in [4.69, 9.17) is 21.1 Å². The monoisotopic (exact) mass is 410 g/mol. The molecule has 3 rings (SSSR count). The fourth-order valence-electron chi connectivity index (χ4n) is 2.62. The maximum absolute atomic E-state index is 12.7. The molecule has 0 radical (unpaired) electrons. The third kappa shape index (κ3) is 5.27. The normalized spacial score (nSPS) is 10.1. The first-order valence-electron chi connectivity index (χ1n) is 8.79. The number of hydrogen-bond donors (Lipinski definition) is 2. The van der Waals surface area contributed by atoms with Crippen molar-refractivity contribution < 1.29 is 19.1 Å². The molecule has 0 aliphatic rings. The topological polar surface area (TPSA) is 76.7 Å². The van der Waals surface area contributed by atoms with Gasteiger partial charge in [-0.3, -0.25) is 9.59 Å². The van der Waals surface area contributed by atoms with E-state index in [9.17, 15) is 9.59 Å². The quantitative estimate of drug-likeness (QED) is 0.596. The van der Waals surface area contributed by atoms with Crippen molar-refractivity contribution in [2.24, 2.45) is 0 Å². The molecule has 6 nitrogen and oxygen atoms in total. The molecule has 0 spiro atoms. The van der Waals surface area contributed by atoms with Gasteiger partial charge in [0.25, 0.3) is 11.8 Å². The van der Waals surface area contributed by atoms with Gasteiger partial charge in [0.1, 0.15) is 11.5 Å². The number of ether oxygens (including phenoxy) is 2. The minimum absolute atomic E-state index is 0.244. The summed E-state index contributed by atoms with van der Waals surface area (Å²) in [5.74, 6) is 0.155. The van der Waals surface area contributed by atoms with E-state index in [1.54, 1.807) is 66.7 Å². The van der Waals surface area contributed by atoms with E-state index in [0.717, 1.165) is 0 Å². The van der Waals surface area contributed by atoms with Gasteiger partial charge >= 0.3 is 0 Å². The molecular weight excluding hydrogens is 392 g/mol. The van der Waals surface area contributed by atoms with Gasteiger partial charge in [-0.15, -0.1) is 0 Å². The number of para-hydroxylation sites is 4. The number of anilines is 2. The van der Waals surface area contributed by atoms with Crippen molar-refractivity contribution in [2.45, 2.75) is 0 Å². The lowest BCUT2D eigenvalue weighted by atomic mass is 10.1. The van der Waals surface area contributed by atoms with Gasteiger partial charge < -0.3 is 20.1 Å². The Morgan fingerprint density at radius 3 is 2.17 bits per heavy atom. The number of benzene rings is 3. The number of hydrogen-bond acceptors (Lipinski definition) is 4. The predicted octanol–water partition coefficient (Wildman–Crippen LogP) is 4.62. The Balaban J connectivity index is 1.69. The third-order valence-corrected chi connectivity index (χ3v) is 4.31. The van der Waals surface area contributed by atoms with Gasteiger partial charge in [-0.1, -0.05) is 48.0 Å². The molecular formula is C22H19ClN2O4. The molecule has 0 heterocycles. The van der Waals surface area contributed by atoms with Crippen LogP contribution in [-0.4, -0.2) is 25.5 Å². The number of amides is 2. The van der Waals surface area contributed by atoms with Crippen LogP contribution in [0.4, 0.5) is 11.4 Å². The number of carbonyl (C=O) groups is 2. The van der Waals surface area contributed by atoms with Crippen LogP contribution >= 0.6 is 11.6 Å². The van der Waals surface area contributed by atoms with E-state index in [2.05, 4.69) is 10.6 Å². The summed E-state index contributed by atoms with van der Waals surface area (Å²) < 4.78 is 10.7. The van der Waals surface area contributed by atoms with E-state index >= 15 is 0 Å². The number of halogens is 1.